The predicted molar refractivity (Wildman–Crippen MR) is 73.7 cm³/mol. The Bertz CT molecular complexity index is 372. The zero-order valence-corrected chi connectivity index (χ0v) is 11.7. The molecular weight excluding hydrogens is 286 g/mol. The van der Waals surface area contributed by atoms with Crippen molar-refractivity contribution in [3.63, 3.8) is 0 Å². The van der Waals surface area contributed by atoms with Crippen molar-refractivity contribution in [1.82, 2.24) is 0 Å². The van der Waals surface area contributed by atoms with Crippen molar-refractivity contribution in [2.24, 2.45) is 0 Å². The van der Waals surface area contributed by atoms with E-state index in [-0.39, 0.29) is 0 Å². The summed E-state index contributed by atoms with van der Waals surface area (Å²) in [5.41, 5.74) is 7.93. The van der Waals surface area contributed by atoms with Crippen molar-refractivity contribution in [2.75, 3.05) is 12.3 Å². The molecule has 0 saturated carbocycles. The van der Waals surface area contributed by atoms with Gasteiger partial charge in [0, 0.05) is 27.8 Å². The molecule has 1 saturated heterocycles. The summed E-state index contributed by atoms with van der Waals surface area (Å²) in [6, 6.07) is 6.04. The molecule has 2 N–H and O–H groups in total. The number of thioether (sulfide) groups is 1. The van der Waals surface area contributed by atoms with Crippen LogP contribution in [0.1, 0.15) is 18.9 Å². The van der Waals surface area contributed by atoms with Gasteiger partial charge in [-0.05, 0) is 40.9 Å². The van der Waals surface area contributed by atoms with Gasteiger partial charge in [0.1, 0.15) is 0 Å². The van der Waals surface area contributed by atoms with Gasteiger partial charge >= 0.3 is 0 Å². The number of anilines is 1. The molecule has 88 valence electrons. The molecule has 4 heteroatoms. The van der Waals surface area contributed by atoms with Crippen molar-refractivity contribution in [3.8, 4) is 0 Å². The van der Waals surface area contributed by atoms with Crippen LogP contribution in [0.5, 0.6) is 0 Å². The lowest BCUT2D eigenvalue weighted by Gasteiger charge is -2.14. The molecule has 2 rings (SSSR count). The van der Waals surface area contributed by atoms with Gasteiger partial charge in [-0.3, -0.25) is 0 Å². The number of halogens is 1. The molecular formula is C12H16BrNOS. The number of benzene rings is 1. The van der Waals surface area contributed by atoms with E-state index < -0.39 is 0 Å². The van der Waals surface area contributed by atoms with Crippen LogP contribution in [0.15, 0.2) is 22.7 Å². The smallest absolute Gasteiger partial charge is 0.0666 e. The SMILES string of the molecule is CC1OCCC1SCc1cccc(N)c1Br. The molecule has 2 unspecified atom stereocenters. The van der Waals surface area contributed by atoms with Gasteiger partial charge in [0.25, 0.3) is 0 Å². The van der Waals surface area contributed by atoms with E-state index in [0.29, 0.717) is 11.4 Å². The second-order valence-corrected chi connectivity index (χ2v) is 6.05. The highest BCUT2D eigenvalue weighted by molar-refractivity contribution is 9.10. The highest BCUT2D eigenvalue weighted by Gasteiger charge is 2.24. The summed E-state index contributed by atoms with van der Waals surface area (Å²) < 4.78 is 6.59. The van der Waals surface area contributed by atoms with Crippen LogP contribution in [0.3, 0.4) is 0 Å². The molecule has 1 fully saturated rings. The van der Waals surface area contributed by atoms with Gasteiger partial charge in [-0.1, -0.05) is 12.1 Å². The average Bonchev–Trinajstić information content (AvgIpc) is 2.67. The van der Waals surface area contributed by atoms with Crippen LogP contribution in [0.4, 0.5) is 5.69 Å². The van der Waals surface area contributed by atoms with Gasteiger partial charge in [0.15, 0.2) is 0 Å². The van der Waals surface area contributed by atoms with E-state index in [4.69, 9.17) is 10.5 Å². The van der Waals surface area contributed by atoms with E-state index in [1.54, 1.807) is 0 Å². The summed E-state index contributed by atoms with van der Waals surface area (Å²) in [5.74, 6) is 0.990. The molecule has 1 aliphatic rings. The maximum absolute atomic E-state index is 5.85. The molecule has 1 aromatic rings. The average molecular weight is 302 g/mol. The van der Waals surface area contributed by atoms with Crippen LogP contribution in [-0.4, -0.2) is 18.0 Å². The zero-order chi connectivity index (χ0) is 11.5. The van der Waals surface area contributed by atoms with E-state index >= 15 is 0 Å². The van der Waals surface area contributed by atoms with Gasteiger partial charge in [0.2, 0.25) is 0 Å². The van der Waals surface area contributed by atoms with Gasteiger partial charge in [-0.2, -0.15) is 11.8 Å². The van der Waals surface area contributed by atoms with Gasteiger partial charge < -0.3 is 10.5 Å². The van der Waals surface area contributed by atoms with Crippen LogP contribution >= 0.6 is 27.7 Å². The Morgan fingerprint density at radius 2 is 2.38 bits per heavy atom. The molecule has 1 aromatic carbocycles. The first-order valence-electron chi connectivity index (χ1n) is 5.44. The summed E-state index contributed by atoms with van der Waals surface area (Å²) in [5, 5.41) is 0.619. The minimum atomic E-state index is 0.379. The third-order valence-corrected chi connectivity index (χ3v) is 5.36. The van der Waals surface area contributed by atoms with Crippen molar-refractivity contribution in [3.05, 3.63) is 28.2 Å². The lowest BCUT2D eigenvalue weighted by molar-refractivity contribution is 0.127. The van der Waals surface area contributed by atoms with Crippen LogP contribution in [0.25, 0.3) is 0 Å². The quantitative estimate of drug-likeness (QED) is 0.869. The predicted octanol–water partition coefficient (Wildman–Crippen LogP) is 3.44. The molecule has 0 aromatic heterocycles. The Labute approximate surface area is 109 Å². The lowest BCUT2D eigenvalue weighted by atomic mass is 10.2. The van der Waals surface area contributed by atoms with Crippen LogP contribution in [0, 0.1) is 0 Å². The van der Waals surface area contributed by atoms with E-state index in [0.717, 1.165) is 28.9 Å². The number of nitrogens with two attached hydrogens (primary N) is 1. The molecule has 0 amide bonds. The fraction of sp³-hybridized carbons (Fsp3) is 0.500. The maximum Gasteiger partial charge on any atom is 0.0666 e. The summed E-state index contributed by atoms with van der Waals surface area (Å²) in [6.07, 6.45) is 1.54. The van der Waals surface area contributed by atoms with Gasteiger partial charge in [-0.15, -0.1) is 0 Å². The number of rotatable bonds is 3. The van der Waals surface area contributed by atoms with Crippen LogP contribution in [-0.2, 0) is 10.5 Å². The second-order valence-electron chi connectivity index (χ2n) is 4.03. The maximum atomic E-state index is 5.85. The molecule has 0 bridgehead atoms. The van der Waals surface area contributed by atoms with E-state index in [1.807, 2.05) is 23.9 Å². The van der Waals surface area contributed by atoms with Gasteiger partial charge in [-0.25, -0.2) is 0 Å². The Kier molecular flexibility index (Phi) is 4.16. The largest absolute Gasteiger partial charge is 0.398 e. The third-order valence-electron chi connectivity index (χ3n) is 2.87. The lowest BCUT2D eigenvalue weighted by Crippen LogP contribution is -2.13. The normalized spacial score (nSPS) is 24.9. The first-order valence-corrected chi connectivity index (χ1v) is 7.28. The van der Waals surface area contributed by atoms with Crippen molar-refractivity contribution < 1.29 is 4.74 Å². The Morgan fingerprint density at radius 3 is 3.06 bits per heavy atom. The molecule has 0 radical (unpaired) electrons. The standard InChI is InChI=1S/C12H16BrNOS/c1-8-11(5-6-15-8)16-7-9-3-2-4-10(14)12(9)13/h2-4,8,11H,5-7,14H2,1H3. The van der Waals surface area contributed by atoms with Gasteiger partial charge in [0.05, 0.1) is 6.10 Å². The molecule has 0 aliphatic carbocycles. The molecule has 1 heterocycles. The minimum Gasteiger partial charge on any atom is -0.398 e. The van der Waals surface area contributed by atoms with Crippen molar-refractivity contribution in [2.45, 2.75) is 30.5 Å². The van der Waals surface area contributed by atoms with E-state index in [2.05, 4.69) is 28.9 Å². The highest BCUT2D eigenvalue weighted by atomic mass is 79.9. The topological polar surface area (TPSA) is 35.2 Å². The second kappa shape index (κ2) is 5.43. The summed E-state index contributed by atoms with van der Waals surface area (Å²) in [7, 11) is 0. The van der Waals surface area contributed by atoms with Crippen molar-refractivity contribution >= 4 is 33.4 Å². The molecule has 0 spiro atoms. The first kappa shape index (κ1) is 12.3. The fourth-order valence-electron chi connectivity index (χ4n) is 1.84. The summed E-state index contributed by atoms with van der Waals surface area (Å²) in [6.45, 7) is 3.05. The summed E-state index contributed by atoms with van der Waals surface area (Å²) in [4.78, 5) is 0. The first-order chi connectivity index (χ1) is 7.68. The molecule has 1 aliphatic heterocycles. The van der Waals surface area contributed by atoms with Crippen molar-refractivity contribution in [1.29, 1.82) is 0 Å². The molecule has 2 atom stereocenters. The Morgan fingerprint density at radius 1 is 1.56 bits per heavy atom. The Balaban J connectivity index is 1.96. The fourth-order valence-corrected chi connectivity index (χ4v) is 3.68. The monoisotopic (exact) mass is 301 g/mol. The number of hydrogen-bond donors (Lipinski definition) is 1. The van der Waals surface area contributed by atoms with E-state index in [9.17, 15) is 0 Å². The minimum absolute atomic E-state index is 0.379. The number of ether oxygens (including phenoxy) is 1. The third kappa shape index (κ3) is 2.73. The molecule has 16 heavy (non-hydrogen) atoms. The number of hydrogen-bond acceptors (Lipinski definition) is 3. The van der Waals surface area contributed by atoms with E-state index in [1.165, 1.54) is 5.56 Å². The number of nitrogen functional groups attached to an aromatic ring is 1. The highest BCUT2D eigenvalue weighted by Crippen LogP contribution is 2.32. The van der Waals surface area contributed by atoms with Crippen LogP contribution in [0.2, 0.25) is 0 Å². The molecule has 2 nitrogen and oxygen atoms in total. The van der Waals surface area contributed by atoms with Crippen LogP contribution < -0.4 is 5.73 Å². The zero-order valence-electron chi connectivity index (χ0n) is 9.28. The Hall–Kier alpha value is -0.190. The summed E-state index contributed by atoms with van der Waals surface area (Å²) >= 11 is 5.49.